The molecule has 2 nitrogen and oxygen atoms in total. The van der Waals surface area contributed by atoms with Crippen molar-refractivity contribution in [3.63, 3.8) is 0 Å². The minimum Gasteiger partial charge on any atom is -0.374 e. The van der Waals surface area contributed by atoms with Gasteiger partial charge in [-0.15, -0.1) is 6.58 Å². The van der Waals surface area contributed by atoms with Crippen LogP contribution < -0.4 is 0 Å². The fourth-order valence-corrected chi connectivity index (χ4v) is 2.40. The van der Waals surface area contributed by atoms with Gasteiger partial charge in [0.1, 0.15) is 0 Å². The van der Waals surface area contributed by atoms with Gasteiger partial charge in [0.05, 0.1) is 25.4 Å². The van der Waals surface area contributed by atoms with E-state index in [4.69, 9.17) is 9.47 Å². The monoisotopic (exact) mass is 246 g/mol. The van der Waals surface area contributed by atoms with Crippen LogP contribution in [-0.2, 0) is 16.1 Å². The van der Waals surface area contributed by atoms with E-state index in [9.17, 15) is 0 Å². The van der Waals surface area contributed by atoms with E-state index in [2.05, 4.69) is 30.8 Å². The van der Waals surface area contributed by atoms with Crippen molar-refractivity contribution in [1.29, 1.82) is 0 Å². The van der Waals surface area contributed by atoms with Crippen LogP contribution in [0, 0.1) is 0 Å². The third-order valence-electron chi connectivity index (χ3n) is 3.36. The molecule has 0 saturated heterocycles. The topological polar surface area (TPSA) is 18.5 Å². The average Bonchev–Trinajstić information content (AvgIpc) is 2.44. The van der Waals surface area contributed by atoms with Gasteiger partial charge in [0.25, 0.3) is 0 Å². The van der Waals surface area contributed by atoms with E-state index in [-0.39, 0.29) is 0 Å². The standard InChI is InChI=1S/C16H22O2/c1-2-11-17-15-9-6-10-16(12-15)18-13-14-7-4-3-5-8-14/h2-5,7-8,15-16H,1,6,9-13H2/t15-,16+/m1/s1. The van der Waals surface area contributed by atoms with Gasteiger partial charge in [-0.2, -0.15) is 0 Å². The van der Waals surface area contributed by atoms with Crippen molar-refractivity contribution in [2.45, 2.75) is 44.5 Å². The predicted molar refractivity (Wildman–Crippen MR) is 73.4 cm³/mol. The molecule has 0 aliphatic heterocycles. The second-order valence-electron chi connectivity index (χ2n) is 4.83. The summed E-state index contributed by atoms with van der Waals surface area (Å²) in [6.45, 7) is 5.04. The van der Waals surface area contributed by atoms with Crippen LogP contribution in [0.25, 0.3) is 0 Å². The first-order valence-corrected chi connectivity index (χ1v) is 6.76. The highest BCUT2D eigenvalue weighted by molar-refractivity contribution is 5.13. The highest BCUT2D eigenvalue weighted by Crippen LogP contribution is 2.24. The molecule has 98 valence electrons. The van der Waals surface area contributed by atoms with E-state index in [1.165, 1.54) is 12.0 Å². The Kier molecular flexibility index (Phi) is 5.43. The number of ether oxygens (including phenoxy) is 2. The Hall–Kier alpha value is -1.12. The van der Waals surface area contributed by atoms with Gasteiger partial charge in [-0.1, -0.05) is 36.4 Å². The molecule has 1 saturated carbocycles. The number of rotatable bonds is 6. The summed E-state index contributed by atoms with van der Waals surface area (Å²) in [4.78, 5) is 0. The summed E-state index contributed by atoms with van der Waals surface area (Å²) in [6.07, 6.45) is 7.02. The molecule has 1 aromatic rings. The molecule has 1 aromatic carbocycles. The molecule has 2 rings (SSSR count). The first-order chi connectivity index (χ1) is 8.88. The van der Waals surface area contributed by atoms with E-state index in [0.29, 0.717) is 25.4 Å². The fourth-order valence-electron chi connectivity index (χ4n) is 2.40. The van der Waals surface area contributed by atoms with Gasteiger partial charge in [-0.05, 0) is 31.2 Å². The Morgan fingerprint density at radius 1 is 1.11 bits per heavy atom. The quantitative estimate of drug-likeness (QED) is 0.712. The molecular weight excluding hydrogens is 224 g/mol. The smallest absolute Gasteiger partial charge is 0.0720 e. The molecule has 0 heterocycles. The molecule has 0 unspecified atom stereocenters. The summed E-state index contributed by atoms with van der Waals surface area (Å²) in [5, 5.41) is 0. The molecule has 1 aliphatic carbocycles. The third kappa shape index (κ3) is 4.28. The Morgan fingerprint density at radius 3 is 2.56 bits per heavy atom. The Bertz CT molecular complexity index is 347. The molecule has 2 atom stereocenters. The van der Waals surface area contributed by atoms with Gasteiger partial charge in [0.2, 0.25) is 0 Å². The molecule has 0 spiro atoms. The summed E-state index contributed by atoms with van der Waals surface area (Å²) in [5.74, 6) is 0. The fraction of sp³-hybridized carbons (Fsp3) is 0.500. The first kappa shape index (κ1) is 13.3. The molecule has 1 fully saturated rings. The molecule has 0 N–H and O–H groups in total. The number of hydrogen-bond donors (Lipinski definition) is 0. The Balaban J connectivity index is 1.74. The number of benzene rings is 1. The molecule has 0 aromatic heterocycles. The summed E-state index contributed by atoms with van der Waals surface area (Å²) in [5.41, 5.74) is 1.24. The van der Waals surface area contributed by atoms with Crippen LogP contribution in [0.15, 0.2) is 43.0 Å². The highest BCUT2D eigenvalue weighted by Gasteiger charge is 2.22. The zero-order valence-corrected chi connectivity index (χ0v) is 10.9. The normalized spacial score (nSPS) is 23.8. The lowest BCUT2D eigenvalue weighted by molar-refractivity contribution is -0.0439. The van der Waals surface area contributed by atoms with Crippen LogP contribution in [0.2, 0.25) is 0 Å². The highest BCUT2D eigenvalue weighted by atomic mass is 16.5. The molecular formula is C16H22O2. The molecule has 0 bridgehead atoms. The zero-order chi connectivity index (χ0) is 12.6. The third-order valence-corrected chi connectivity index (χ3v) is 3.36. The average molecular weight is 246 g/mol. The largest absolute Gasteiger partial charge is 0.374 e. The summed E-state index contributed by atoms with van der Waals surface area (Å²) in [7, 11) is 0. The van der Waals surface area contributed by atoms with Crippen LogP contribution in [0.3, 0.4) is 0 Å². The van der Waals surface area contributed by atoms with Gasteiger partial charge in [0, 0.05) is 0 Å². The van der Waals surface area contributed by atoms with E-state index in [0.717, 1.165) is 19.3 Å². The van der Waals surface area contributed by atoms with E-state index in [1.807, 2.05) is 12.1 Å². The Labute approximate surface area is 110 Å². The van der Waals surface area contributed by atoms with E-state index in [1.54, 1.807) is 0 Å². The van der Waals surface area contributed by atoms with Crippen molar-refractivity contribution in [1.82, 2.24) is 0 Å². The van der Waals surface area contributed by atoms with E-state index >= 15 is 0 Å². The van der Waals surface area contributed by atoms with Crippen LogP contribution >= 0.6 is 0 Å². The van der Waals surface area contributed by atoms with Gasteiger partial charge in [0.15, 0.2) is 0 Å². The molecule has 0 radical (unpaired) electrons. The van der Waals surface area contributed by atoms with Crippen molar-refractivity contribution in [2.24, 2.45) is 0 Å². The molecule has 0 amide bonds. The van der Waals surface area contributed by atoms with Crippen molar-refractivity contribution in [2.75, 3.05) is 6.61 Å². The van der Waals surface area contributed by atoms with Crippen molar-refractivity contribution in [3.05, 3.63) is 48.6 Å². The molecule has 2 heteroatoms. The van der Waals surface area contributed by atoms with Crippen molar-refractivity contribution >= 4 is 0 Å². The lowest BCUT2D eigenvalue weighted by Crippen LogP contribution is -2.28. The molecule has 18 heavy (non-hydrogen) atoms. The minimum atomic E-state index is 0.341. The second kappa shape index (κ2) is 7.34. The summed E-state index contributed by atoms with van der Waals surface area (Å²) in [6, 6.07) is 10.3. The second-order valence-corrected chi connectivity index (χ2v) is 4.83. The Morgan fingerprint density at radius 2 is 1.83 bits per heavy atom. The van der Waals surface area contributed by atoms with Gasteiger partial charge in [-0.3, -0.25) is 0 Å². The van der Waals surface area contributed by atoms with Gasteiger partial charge in [-0.25, -0.2) is 0 Å². The van der Waals surface area contributed by atoms with Crippen LogP contribution in [0.4, 0.5) is 0 Å². The van der Waals surface area contributed by atoms with Crippen LogP contribution in [-0.4, -0.2) is 18.8 Å². The minimum absolute atomic E-state index is 0.341. The van der Waals surface area contributed by atoms with Crippen molar-refractivity contribution < 1.29 is 9.47 Å². The summed E-state index contributed by atoms with van der Waals surface area (Å²) < 4.78 is 11.7. The lowest BCUT2D eigenvalue weighted by atomic mass is 9.95. The first-order valence-electron chi connectivity index (χ1n) is 6.76. The van der Waals surface area contributed by atoms with Gasteiger partial charge >= 0.3 is 0 Å². The maximum absolute atomic E-state index is 5.97. The van der Waals surface area contributed by atoms with Crippen LogP contribution in [0.5, 0.6) is 0 Å². The van der Waals surface area contributed by atoms with Crippen molar-refractivity contribution in [3.8, 4) is 0 Å². The maximum atomic E-state index is 5.97. The molecule has 1 aliphatic rings. The SMILES string of the molecule is C=CCO[C@@H]1CCC[C@H](OCc2ccccc2)C1. The lowest BCUT2D eigenvalue weighted by Gasteiger charge is -2.29. The maximum Gasteiger partial charge on any atom is 0.0720 e. The van der Waals surface area contributed by atoms with Crippen LogP contribution in [0.1, 0.15) is 31.2 Å². The van der Waals surface area contributed by atoms with E-state index < -0.39 is 0 Å². The predicted octanol–water partition coefficient (Wildman–Crippen LogP) is 3.72. The van der Waals surface area contributed by atoms with Gasteiger partial charge < -0.3 is 9.47 Å². The zero-order valence-electron chi connectivity index (χ0n) is 10.9. The summed E-state index contributed by atoms with van der Waals surface area (Å²) >= 11 is 0. The number of hydrogen-bond acceptors (Lipinski definition) is 2.